The molecule has 0 aliphatic carbocycles. The van der Waals surface area contributed by atoms with E-state index in [0.717, 1.165) is 6.42 Å². The second-order valence-corrected chi connectivity index (χ2v) is 5.83. The zero-order valence-electron chi connectivity index (χ0n) is 13.4. The number of rotatable bonds is 9. The van der Waals surface area contributed by atoms with Gasteiger partial charge in [0.2, 0.25) is 17.7 Å². The molecular weight excluding hydrogens is 302 g/mol. The zero-order chi connectivity index (χ0) is 17.4. The van der Waals surface area contributed by atoms with Crippen LogP contribution in [0.15, 0.2) is 0 Å². The summed E-state index contributed by atoms with van der Waals surface area (Å²) in [5, 5.41) is 17.4. The molecule has 1 saturated heterocycles. The molecule has 8 N–H and O–H groups in total. The van der Waals surface area contributed by atoms with E-state index >= 15 is 0 Å². The summed E-state index contributed by atoms with van der Waals surface area (Å²) in [6, 6.07) is -2.10. The summed E-state index contributed by atoms with van der Waals surface area (Å²) in [4.78, 5) is 35.4. The fourth-order valence-corrected chi connectivity index (χ4v) is 2.37. The van der Waals surface area contributed by atoms with E-state index < -0.39 is 36.0 Å². The van der Waals surface area contributed by atoms with Crippen molar-refractivity contribution in [3.8, 4) is 0 Å². The van der Waals surface area contributed by atoms with Crippen molar-refractivity contribution >= 4 is 17.7 Å². The predicted octanol–water partition coefficient (Wildman–Crippen LogP) is -2.69. The summed E-state index contributed by atoms with van der Waals surface area (Å²) in [5.74, 6) is -1.45. The van der Waals surface area contributed by atoms with Crippen molar-refractivity contribution in [1.82, 2.24) is 16.0 Å². The number of aliphatic hydroxyl groups is 1. The normalized spacial score (nSPS) is 23.1. The lowest BCUT2D eigenvalue weighted by Gasteiger charge is -2.20. The van der Waals surface area contributed by atoms with Gasteiger partial charge in [-0.1, -0.05) is 0 Å². The molecule has 9 nitrogen and oxygen atoms in total. The van der Waals surface area contributed by atoms with Crippen LogP contribution in [0.3, 0.4) is 0 Å². The smallest absolute Gasteiger partial charge is 0.242 e. The maximum Gasteiger partial charge on any atom is 0.242 e. The molecule has 0 saturated carbocycles. The fraction of sp³-hybridized carbons (Fsp3) is 0.786. The number of β-amino-alcohol motifs (C(OH)–C–C–N with tert-alkyl or cyclic N) is 1. The fourth-order valence-electron chi connectivity index (χ4n) is 2.37. The monoisotopic (exact) mass is 329 g/mol. The van der Waals surface area contributed by atoms with Crippen LogP contribution in [0.1, 0.15) is 32.6 Å². The number of nitrogens with two attached hydrogens (primary N) is 2. The minimum absolute atomic E-state index is 0.309. The molecule has 0 aromatic rings. The largest absolute Gasteiger partial charge is 0.392 e. The molecule has 1 rings (SSSR count). The predicted molar refractivity (Wildman–Crippen MR) is 84.0 cm³/mol. The quantitative estimate of drug-likeness (QED) is 0.253. The highest BCUT2D eigenvalue weighted by atomic mass is 16.3. The third-order valence-electron chi connectivity index (χ3n) is 3.78. The van der Waals surface area contributed by atoms with Crippen LogP contribution in [-0.2, 0) is 14.4 Å². The van der Waals surface area contributed by atoms with Crippen molar-refractivity contribution in [3.05, 3.63) is 0 Å². The average molecular weight is 329 g/mol. The van der Waals surface area contributed by atoms with E-state index in [1.165, 1.54) is 6.92 Å². The molecule has 1 aliphatic heterocycles. The van der Waals surface area contributed by atoms with E-state index in [2.05, 4.69) is 16.0 Å². The molecule has 0 aromatic heterocycles. The first-order valence-electron chi connectivity index (χ1n) is 7.86. The summed E-state index contributed by atoms with van der Waals surface area (Å²) in [5.41, 5.74) is 10.7. The van der Waals surface area contributed by atoms with Crippen molar-refractivity contribution in [2.45, 2.75) is 56.8 Å². The molecule has 23 heavy (non-hydrogen) atoms. The van der Waals surface area contributed by atoms with Crippen molar-refractivity contribution in [2.75, 3.05) is 13.1 Å². The molecule has 0 spiro atoms. The molecule has 9 heteroatoms. The average Bonchev–Trinajstić information content (AvgIpc) is 2.92. The molecule has 1 aliphatic rings. The molecule has 3 amide bonds. The Morgan fingerprint density at radius 2 is 2.00 bits per heavy atom. The van der Waals surface area contributed by atoms with Gasteiger partial charge in [-0.3, -0.25) is 14.4 Å². The highest BCUT2D eigenvalue weighted by Gasteiger charge is 2.30. The van der Waals surface area contributed by atoms with Crippen molar-refractivity contribution < 1.29 is 19.5 Å². The minimum Gasteiger partial charge on any atom is -0.392 e. The SMILES string of the molecule is C[C@H](NC(=O)[C@@H]1C[C@@H](O)CN1)C(=O)N[C@@H](CCCCN)C(N)=O. The van der Waals surface area contributed by atoms with Crippen LogP contribution in [0.25, 0.3) is 0 Å². The summed E-state index contributed by atoms with van der Waals surface area (Å²) in [7, 11) is 0. The first-order valence-corrected chi connectivity index (χ1v) is 7.86. The maximum atomic E-state index is 12.1. The third kappa shape index (κ3) is 6.51. The highest BCUT2D eigenvalue weighted by Crippen LogP contribution is 2.06. The first-order chi connectivity index (χ1) is 10.8. The summed E-state index contributed by atoms with van der Waals surface area (Å²) in [6.45, 7) is 2.38. The molecule has 4 atom stereocenters. The van der Waals surface area contributed by atoms with E-state index in [9.17, 15) is 19.5 Å². The minimum atomic E-state index is -0.807. The topological polar surface area (TPSA) is 160 Å². The summed E-state index contributed by atoms with van der Waals surface area (Å²) in [6.07, 6.45) is 1.58. The van der Waals surface area contributed by atoms with Gasteiger partial charge in [0.25, 0.3) is 0 Å². The molecule has 0 radical (unpaired) electrons. The van der Waals surface area contributed by atoms with Crippen LogP contribution in [0.2, 0.25) is 0 Å². The summed E-state index contributed by atoms with van der Waals surface area (Å²) >= 11 is 0. The van der Waals surface area contributed by atoms with Crippen LogP contribution in [0.5, 0.6) is 0 Å². The van der Waals surface area contributed by atoms with Crippen LogP contribution in [0.4, 0.5) is 0 Å². The Labute approximate surface area is 135 Å². The van der Waals surface area contributed by atoms with Crippen LogP contribution in [0, 0.1) is 0 Å². The number of unbranched alkanes of at least 4 members (excludes halogenated alkanes) is 1. The molecular formula is C14H27N5O4. The Morgan fingerprint density at radius 1 is 1.30 bits per heavy atom. The molecule has 0 bridgehead atoms. The van der Waals surface area contributed by atoms with Gasteiger partial charge >= 0.3 is 0 Å². The third-order valence-corrected chi connectivity index (χ3v) is 3.78. The van der Waals surface area contributed by atoms with Gasteiger partial charge in [-0.05, 0) is 39.2 Å². The van der Waals surface area contributed by atoms with E-state index in [1.54, 1.807) is 0 Å². The Balaban J connectivity index is 2.44. The lowest BCUT2D eigenvalue weighted by Crippen LogP contribution is -2.54. The number of carbonyl (C=O) groups excluding carboxylic acids is 3. The van der Waals surface area contributed by atoms with Gasteiger partial charge in [0.05, 0.1) is 12.1 Å². The Morgan fingerprint density at radius 3 is 2.52 bits per heavy atom. The van der Waals surface area contributed by atoms with Gasteiger partial charge in [-0.25, -0.2) is 0 Å². The molecule has 0 unspecified atom stereocenters. The number of amides is 3. The van der Waals surface area contributed by atoms with E-state index in [1.807, 2.05) is 0 Å². The number of hydrogen-bond acceptors (Lipinski definition) is 6. The first kappa shape index (κ1) is 19.3. The van der Waals surface area contributed by atoms with Crippen molar-refractivity contribution in [2.24, 2.45) is 11.5 Å². The van der Waals surface area contributed by atoms with E-state index in [4.69, 9.17) is 11.5 Å². The molecule has 0 aromatic carbocycles. The van der Waals surface area contributed by atoms with Gasteiger partial charge in [0, 0.05) is 6.54 Å². The Kier molecular flexibility index (Phi) is 7.93. The number of hydrogen-bond donors (Lipinski definition) is 6. The number of primary amides is 1. The van der Waals surface area contributed by atoms with Crippen LogP contribution >= 0.6 is 0 Å². The van der Waals surface area contributed by atoms with Gasteiger partial charge in [0.15, 0.2) is 0 Å². The van der Waals surface area contributed by atoms with Crippen LogP contribution < -0.4 is 27.4 Å². The molecule has 1 heterocycles. The zero-order valence-corrected chi connectivity index (χ0v) is 13.4. The summed E-state index contributed by atoms with van der Waals surface area (Å²) < 4.78 is 0. The van der Waals surface area contributed by atoms with E-state index in [0.29, 0.717) is 32.4 Å². The van der Waals surface area contributed by atoms with Crippen LogP contribution in [-0.4, -0.2) is 60.1 Å². The maximum absolute atomic E-state index is 12.1. The number of carbonyl (C=O) groups is 3. The lowest BCUT2D eigenvalue weighted by atomic mass is 10.1. The standard InChI is InChI=1S/C14H27N5O4/c1-8(18-14(23)11-6-9(20)7-17-11)13(22)19-10(12(16)21)4-2-3-5-15/h8-11,17,20H,2-7,15H2,1H3,(H2,16,21)(H,18,23)(H,19,22)/t8-,9+,10-,11-/m0/s1. The second-order valence-electron chi connectivity index (χ2n) is 5.83. The van der Waals surface area contributed by atoms with Gasteiger partial charge in [-0.15, -0.1) is 0 Å². The Hall–Kier alpha value is -1.71. The number of aliphatic hydroxyl groups excluding tert-OH is 1. The van der Waals surface area contributed by atoms with Gasteiger partial charge in [-0.2, -0.15) is 0 Å². The van der Waals surface area contributed by atoms with Gasteiger partial charge < -0.3 is 32.5 Å². The molecule has 1 fully saturated rings. The Bertz CT molecular complexity index is 431. The van der Waals surface area contributed by atoms with Crippen molar-refractivity contribution in [3.63, 3.8) is 0 Å². The lowest BCUT2D eigenvalue weighted by molar-refractivity contribution is -0.131. The number of nitrogens with one attached hydrogen (secondary N) is 3. The highest BCUT2D eigenvalue weighted by molar-refractivity contribution is 5.92. The second kappa shape index (κ2) is 9.43. The van der Waals surface area contributed by atoms with Gasteiger partial charge in [0.1, 0.15) is 12.1 Å². The van der Waals surface area contributed by atoms with E-state index in [-0.39, 0.29) is 5.91 Å². The van der Waals surface area contributed by atoms with Crippen molar-refractivity contribution in [1.29, 1.82) is 0 Å². The molecule has 132 valence electrons.